The van der Waals surface area contributed by atoms with Gasteiger partial charge in [-0.3, -0.25) is 4.79 Å². The highest BCUT2D eigenvalue weighted by atomic mass is 16.3. The molecule has 0 aromatic heterocycles. The van der Waals surface area contributed by atoms with Crippen LogP contribution < -0.4 is 0 Å². The summed E-state index contributed by atoms with van der Waals surface area (Å²) in [7, 11) is 0. The first-order valence-corrected chi connectivity index (χ1v) is 13.3. The zero-order chi connectivity index (χ0) is 23.7. The molecule has 3 fully saturated rings. The minimum absolute atomic E-state index is 0.184. The number of Topliss-reactive ketones (excluding diaryl/α,β-unsaturated/α-hetero) is 1. The van der Waals surface area contributed by atoms with Crippen molar-refractivity contribution in [1.29, 1.82) is 0 Å². The number of rotatable bonds is 4. The SMILES string of the molecule is C[C@@H](C/C=C\C(C)(C)O)[C@@H]1CC[C@]2(C)C3=CC[C@H]4C(C)(C)C(=O)CC[C@]4(C)[C@H]3CC[C@@]12C. The van der Waals surface area contributed by atoms with Crippen LogP contribution in [0.4, 0.5) is 0 Å². The topological polar surface area (TPSA) is 37.3 Å². The molecule has 2 nitrogen and oxygen atoms in total. The zero-order valence-electron chi connectivity index (χ0n) is 22.1. The van der Waals surface area contributed by atoms with Crippen LogP contribution in [0.5, 0.6) is 0 Å². The summed E-state index contributed by atoms with van der Waals surface area (Å²) in [5.74, 6) is 2.99. The third-order valence-electron chi connectivity index (χ3n) is 11.4. The normalized spacial score (nSPS) is 44.6. The number of aliphatic hydroxyl groups is 1. The number of carbonyl (C=O) groups excluding carboxylic acids is 1. The summed E-state index contributed by atoms with van der Waals surface area (Å²) in [5, 5.41) is 10.1. The van der Waals surface area contributed by atoms with Gasteiger partial charge in [-0.2, -0.15) is 0 Å². The first-order valence-electron chi connectivity index (χ1n) is 13.3. The maximum absolute atomic E-state index is 12.8. The summed E-state index contributed by atoms with van der Waals surface area (Å²) in [4.78, 5) is 12.8. The number of hydrogen-bond acceptors (Lipinski definition) is 2. The van der Waals surface area contributed by atoms with Gasteiger partial charge in [0.25, 0.3) is 0 Å². The smallest absolute Gasteiger partial charge is 0.138 e. The number of fused-ring (bicyclic) bond motifs is 5. The Kier molecular flexibility index (Phi) is 5.72. The Bertz CT molecular complexity index is 826. The quantitative estimate of drug-likeness (QED) is 0.459. The second-order valence-electron chi connectivity index (χ2n) is 13.9. The Labute approximate surface area is 197 Å². The van der Waals surface area contributed by atoms with E-state index in [1.54, 1.807) is 5.57 Å². The highest BCUT2D eigenvalue weighted by Gasteiger charge is 2.65. The average molecular weight is 441 g/mol. The van der Waals surface area contributed by atoms with Crippen molar-refractivity contribution in [3.8, 4) is 0 Å². The molecular weight excluding hydrogens is 392 g/mol. The fraction of sp³-hybridized carbons (Fsp3) is 0.833. The fourth-order valence-corrected chi connectivity index (χ4v) is 9.20. The summed E-state index contributed by atoms with van der Waals surface area (Å²) < 4.78 is 0. The average Bonchev–Trinajstić information content (AvgIpc) is 2.96. The Morgan fingerprint density at radius 3 is 2.47 bits per heavy atom. The van der Waals surface area contributed by atoms with Crippen molar-refractivity contribution in [3.05, 3.63) is 23.8 Å². The van der Waals surface area contributed by atoms with Gasteiger partial charge in [0.05, 0.1) is 5.60 Å². The molecule has 0 radical (unpaired) electrons. The molecule has 0 amide bonds. The van der Waals surface area contributed by atoms with E-state index in [-0.39, 0.29) is 16.2 Å². The third kappa shape index (κ3) is 3.41. The van der Waals surface area contributed by atoms with Gasteiger partial charge in [-0.1, -0.05) is 65.3 Å². The van der Waals surface area contributed by atoms with Crippen molar-refractivity contribution in [1.82, 2.24) is 0 Å². The molecule has 0 spiro atoms. The minimum atomic E-state index is -0.722. The molecule has 0 bridgehead atoms. The van der Waals surface area contributed by atoms with E-state index in [1.165, 1.54) is 25.7 Å². The molecule has 4 aliphatic carbocycles. The van der Waals surface area contributed by atoms with Crippen LogP contribution in [-0.4, -0.2) is 16.5 Å². The van der Waals surface area contributed by atoms with Crippen molar-refractivity contribution in [2.24, 2.45) is 45.3 Å². The van der Waals surface area contributed by atoms with Crippen LogP contribution in [0, 0.1) is 45.3 Å². The Balaban J connectivity index is 1.62. The van der Waals surface area contributed by atoms with Gasteiger partial charge < -0.3 is 5.11 Å². The molecule has 7 atom stereocenters. The molecule has 0 aromatic carbocycles. The number of hydrogen-bond donors (Lipinski definition) is 1. The lowest BCUT2D eigenvalue weighted by Gasteiger charge is -2.63. The van der Waals surface area contributed by atoms with E-state index in [0.29, 0.717) is 29.0 Å². The highest BCUT2D eigenvalue weighted by molar-refractivity contribution is 5.85. The van der Waals surface area contributed by atoms with Crippen molar-refractivity contribution >= 4 is 5.78 Å². The third-order valence-corrected chi connectivity index (χ3v) is 11.4. The Hall–Kier alpha value is -0.890. The van der Waals surface area contributed by atoms with Crippen LogP contribution >= 0.6 is 0 Å². The van der Waals surface area contributed by atoms with Crippen molar-refractivity contribution in [3.63, 3.8) is 0 Å². The lowest BCUT2D eigenvalue weighted by atomic mass is 9.41. The second-order valence-corrected chi connectivity index (χ2v) is 13.9. The molecule has 3 saturated carbocycles. The molecule has 4 aliphatic rings. The monoisotopic (exact) mass is 440 g/mol. The molecule has 0 aliphatic heterocycles. The van der Waals surface area contributed by atoms with Crippen LogP contribution in [0.25, 0.3) is 0 Å². The van der Waals surface area contributed by atoms with Gasteiger partial charge in [-0.05, 0) is 98.7 Å². The number of ketones is 1. The van der Waals surface area contributed by atoms with Gasteiger partial charge in [-0.15, -0.1) is 0 Å². The van der Waals surface area contributed by atoms with Gasteiger partial charge in [0.1, 0.15) is 5.78 Å². The van der Waals surface area contributed by atoms with Crippen LogP contribution in [0.15, 0.2) is 23.8 Å². The van der Waals surface area contributed by atoms with E-state index in [0.717, 1.165) is 31.6 Å². The number of allylic oxidation sites excluding steroid dienone is 3. The molecule has 0 unspecified atom stereocenters. The molecule has 0 aromatic rings. The molecular formula is C30H48O2. The number of carbonyl (C=O) groups is 1. The predicted molar refractivity (Wildman–Crippen MR) is 133 cm³/mol. The van der Waals surface area contributed by atoms with Gasteiger partial charge in [-0.25, -0.2) is 0 Å². The summed E-state index contributed by atoms with van der Waals surface area (Å²) in [6.07, 6.45) is 16.0. The van der Waals surface area contributed by atoms with Crippen LogP contribution in [0.2, 0.25) is 0 Å². The van der Waals surface area contributed by atoms with Gasteiger partial charge >= 0.3 is 0 Å². The predicted octanol–water partition coefficient (Wildman–Crippen LogP) is 7.51. The second kappa shape index (κ2) is 7.56. The molecule has 0 heterocycles. The van der Waals surface area contributed by atoms with Crippen molar-refractivity contribution in [2.45, 2.75) is 112 Å². The Morgan fingerprint density at radius 1 is 1.12 bits per heavy atom. The lowest BCUT2D eigenvalue weighted by molar-refractivity contribution is -0.146. The van der Waals surface area contributed by atoms with E-state index in [9.17, 15) is 9.90 Å². The van der Waals surface area contributed by atoms with Crippen LogP contribution in [-0.2, 0) is 4.79 Å². The largest absolute Gasteiger partial charge is 0.386 e. The standard InChI is InChI=1S/C30H48O2/c1-20(10-9-16-26(2,3)32)21-13-18-30(8)23-11-12-24-27(4,5)25(31)15-17-28(24,6)22(23)14-19-29(21,30)7/h9,11,16,20-22,24,32H,10,12-15,17-19H2,1-8H3/b16-9-/t20-,21-,22-,24-,28+,29-,30+/m0/s1. The maximum atomic E-state index is 12.8. The van der Waals surface area contributed by atoms with E-state index < -0.39 is 5.60 Å². The molecule has 2 heteroatoms. The van der Waals surface area contributed by atoms with Crippen LogP contribution in [0.3, 0.4) is 0 Å². The summed E-state index contributed by atoms with van der Waals surface area (Å²) >= 11 is 0. The summed E-state index contributed by atoms with van der Waals surface area (Å²) in [6.45, 7) is 18.3. The van der Waals surface area contributed by atoms with E-state index >= 15 is 0 Å². The molecule has 180 valence electrons. The fourth-order valence-electron chi connectivity index (χ4n) is 9.20. The van der Waals surface area contributed by atoms with Crippen molar-refractivity contribution in [2.75, 3.05) is 0 Å². The lowest BCUT2D eigenvalue weighted by Crippen LogP contribution is -2.57. The van der Waals surface area contributed by atoms with Gasteiger partial charge in [0.2, 0.25) is 0 Å². The first kappa shape index (κ1) is 24.2. The van der Waals surface area contributed by atoms with E-state index in [2.05, 4.69) is 53.7 Å². The van der Waals surface area contributed by atoms with E-state index in [1.807, 2.05) is 19.9 Å². The summed E-state index contributed by atoms with van der Waals surface area (Å²) in [5.41, 5.74) is 1.76. The summed E-state index contributed by atoms with van der Waals surface area (Å²) in [6, 6.07) is 0. The van der Waals surface area contributed by atoms with E-state index in [4.69, 9.17) is 0 Å². The van der Waals surface area contributed by atoms with Gasteiger partial charge in [0, 0.05) is 11.8 Å². The first-order chi connectivity index (χ1) is 14.7. The Morgan fingerprint density at radius 2 is 1.81 bits per heavy atom. The van der Waals surface area contributed by atoms with Crippen molar-refractivity contribution < 1.29 is 9.90 Å². The molecule has 1 N–H and O–H groups in total. The van der Waals surface area contributed by atoms with Crippen LogP contribution in [0.1, 0.15) is 107 Å². The maximum Gasteiger partial charge on any atom is 0.138 e. The molecule has 4 rings (SSSR count). The zero-order valence-corrected chi connectivity index (χ0v) is 22.1. The molecule has 32 heavy (non-hydrogen) atoms. The minimum Gasteiger partial charge on any atom is -0.386 e. The van der Waals surface area contributed by atoms with Gasteiger partial charge in [0.15, 0.2) is 0 Å². The molecule has 0 saturated heterocycles. The highest BCUT2D eigenvalue weighted by Crippen LogP contribution is 2.73.